The molecule has 3 N–H and O–H groups in total. The summed E-state index contributed by atoms with van der Waals surface area (Å²) in [6.45, 7) is 0.978. The fraction of sp³-hybridized carbons (Fsp3) is 0.294. The van der Waals surface area contributed by atoms with Gasteiger partial charge in [0.05, 0.1) is 6.61 Å². The van der Waals surface area contributed by atoms with Gasteiger partial charge in [-0.25, -0.2) is 0 Å². The third-order valence-corrected chi connectivity index (χ3v) is 3.42. The lowest BCUT2D eigenvalue weighted by Crippen LogP contribution is -2.36. The quantitative estimate of drug-likeness (QED) is 0.764. The molecule has 0 aliphatic rings. The van der Waals surface area contributed by atoms with E-state index >= 15 is 0 Å². The van der Waals surface area contributed by atoms with Crippen LogP contribution in [0.2, 0.25) is 0 Å². The van der Waals surface area contributed by atoms with Crippen LogP contribution in [0.25, 0.3) is 0 Å². The molecule has 0 heterocycles. The number of benzene rings is 2. The van der Waals surface area contributed by atoms with E-state index in [1.165, 1.54) is 0 Å². The summed E-state index contributed by atoms with van der Waals surface area (Å²) < 4.78 is 10.7. The average Bonchev–Trinajstić information content (AvgIpc) is 2.56. The van der Waals surface area contributed by atoms with Crippen molar-refractivity contribution in [2.45, 2.75) is 5.60 Å². The molecule has 0 spiro atoms. The fourth-order valence-electron chi connectivity index (χ4n) is 2.27. The standard InChI is InChI=1S/C17H21NO3/c1-20-11-12-21-16-10-6-5-9-15(16)17(19,13-18)14-7-3-2-4-8-14/h2-10,19H,11-13,18H2,1H3. The van der Waals surface area contributed by atoms with Crippen molar-refractivity contribution in [1.82, 2.24) is 0 Å². The number of aliphatic hydroxyl groups is 1. The number of ether oxygens (including phenoxy) is 2. The van der Waals surface area contributed by atoms with Crippen LogP contribution in [0, 0.1) is 0 Å². The second kappa shape index (κ2) is 7.22. The Labute approximate surface area is 125 Å². The van der Waals surface area contributed by atoms with Gasteiger partial charge in [0.25, 0.3) is 0 Å². The van der Waals surface area contributed by atoms with Gasteiger partial charge >= 0.3 is 0 Å². The molecule has 0 fully saturated rings. The van der Waals surface area contributed by atoms with Crippen LogP contribution < -0.4 is 10.5 Å². The topological polar surface area (TPSA) is 64.7 Å². The van der Waals surface area contributed by atoms with Crippen LogP contribution in [0.15, 0.2) is 54.6 Å². The molecule has 21 heavy (non-hydrogen) atoms. The van der Waals surface area contributed by atoms with Crippen LogP contribution in [0.1, 0.15) is 11.1 Å². The molecule has 112 valence electrons. The molecule has 0 saturated heterocycles. The summed E-state index contributed by atoms with van der Waals surface area (Å²) in [5.74, 6) is 0.617. The van der Waals surface area contributed by atoms with E-state index in [1.54, 1.807) is 7.11 Å². The Kier molecular flexibility index (Phi) is 5.33. The lowest BCUT2D eigenvalue weighted by molar-refractivity contribution is 0.0836. The SMILES string of the molecule is COCCOc1ccccc1C(O)(CN)c1ccccc1. The van der Waals surface area contributed by atoms with Crippen LogP contribution in [0.3, 0.4) is 0 Å². The molecule has 0 aliphatic carbocycles. The van der Waals surface area contributed by atoms with Crippen LogP contribution >= 0.6 is 0 Å². The maximum atomic E-state index is 11.1. The van der Waals surface area contributed by atoms with E-state index < -0.39 is 5.60 Å². The van der Waals surface area contributed by atoms with Crippen molar-refractivity contribution in [3.63, 3.8) is 0 Å². The lowest BCUT2D eigenvalue weighted by Gasteiger charge is -2.29. The summed E-state index contributed by atoms with van der Waals surface area (Å²) in [6.07, 6.45) is 0. The molecule has 0 amide bonds. The summed E-state index contributed by atoms with van der Waals surface area (Å²) in [5, 5.41) is 11.1. The highest BCUT2D eigenvalue weighted by Gasteiger charge is 2.32. The summed E-state index contributed by atoms with van der Waals surface area (Å²) in [7, 11) is 1.62. The summed E-state index contributed by atoms with van der Waals surface area (Å²) in [4.78, 5) is 0. The van der Waals surface area contributed by atoms with E-state index in [1.807, 2.05) is 54.6 Å². The van der Waals surface area contributed by atoms with Gasteiger partial charge in [-0.3, -0.25) is 0 Å². The Morgan fingerprint density at radius 3 is 2.33 bits per heavy atom. The molecule has 0 aliphatic heterocycles. The number of methoxy groups -OCH3 is 1. The zero-order valence-corrected chi connectivity index (χ0v) is 12.2. The predicted octanol–water partition coefficient (Wildman–Crippen LogP) is 1.91. The van der Waals surface area contributed by atoms with Crippen molar-refractivity contribution >= 4 is 0 Å². The van der Waals surface area contributed by atoms with Gasteiger partial charge in [-0.05, 0) is 11.6 Å². The minimum absolute atomic E-state index is 0.0711. The van der Waals surface area contributed by atoms with Gasteiger partial charge in [0.1, 0.15) is 18.0 Å². The third kappa shape index (κ3) is 3.42. The van der Waals surface area contributed by atoms with Crippen LogP contribution in [-0.4, -0.2) is 32.0 Å². The molecule has 0 bridgehead atoms. The van der Waals surface area contributed by atoms with E-state index in [0.29, 0.717) is 24.5 Å². The van der Waals surface area contributed by atoms with Gasteiger partial charge in [-0.15, -0.1) is 0 Å². The molecular formula is C17H21NO3. The van der Waals surface area contributed by atoms with Crippen molar-refractivity contribution in [2.24, 2.45) is 5.73 Å². The fourth-order valence-corrected chi connectivity index (χ4v) is 2.27. The smallest absolute Gasteiger partial charge is 0.130 e. The van der Waals surface area contributed by atoms with E-state index in [-0.39, 0.29) is 6.54 Å². The monoisotopic (exact) mass is 287 g/mol. The molecule has 0 aromatic heterocycles. The van der Waals surface area contributed by atoms with Crippen molar-refractivity contribution in [3.8, 4) is 5.75 Å². The number of hydrogen-bond donors (Lipinski definition) is 2. The Bertz CT molecular complexity index is 559. The highest BCUT2D eigenvalue weighted by atomic mass is 16.5. The molecule has 0 radical (unpaired) electrons. The van der Waals surface area contributed by atoms with Crippen molar-refractivity contribution < 1.29 is 14.6 Å². The van der Waals surface area contributed by atoms with Gasteiger partial charge < -0.3 is 20.3 Å². The minimum Gasteiger partial charge on any atom is -0.491 e. The first-order valence-electron chi connectivity index (χ1n) is 6.91. The first-order chi connectivity index (χ1) is 10.2. The van der Waals surface area contributed by atoms with Gasteiger partial charge in [-0.1, -0.05) is 48.5 Å². The molecule has 2 aromatic carbocycles. The summed E-state index contributed by atoms with van der Waals surface area (Å²) in [5.41, 5.74) is 6.00. The molecule has 0 saturated carbocycles. The van der Waals surface area contributed by atoms with Crippen molar-refractivity contribution in [2.75, 3.05) is 26.9 Å². The maximum Gasteiger partial charge on any atom is 0.130 e. The van der Waals surface area contributed by atoms with Crippen molar-refractivity contribution in [3.05, 3.63) is 65.7 Å². The molecule has 4 nitrogen and oxygen atoms in total. The van der Waals surface area contributed by atoms with Crippen LogP contribution in [0.5, 0.6) is 5.75 Å². The molecular weight excluding hydrogens is 266 g/mol. The van der Waals surface area contributed by atoms with Gasteiger partial charge in [-0.2, -0.15) is 0 Å². The van der Waals surface area contributed by atoms with Crippen LogP contribution in [-0.2, 0) is 10.3 Å². The molecule has 1 unspecified atom stereocenters. The highest BCUT2D eigenvalue weighted by Crippen LogP contribution is 2.34. The minimum atomic E-state index is -1.27. The number of para-hydroxylation sites is 1. The highest BCUT2D eigenvalue weighted by molar-refractivity contribution is 5.45. The first kappa shape index (κ1) is 15.5. The normalized spacial score (nSPS) is 13.7. The van der Waals surface area contributed by atoms with E-state index in [4.69, 9.17) is 15.2 Å². The number of hydrogen-bond acceptors (Lipinski definition) is 4. The summed E-state index contributed by atoms with van der Waals surface area (Å²) >= 11 is 0. The van der Waals surface area contributed by atoms with Gasteiger partial charge in [0.15, 0.2) is 0 Å². The predicted molar refractivity (Wildman–Crippen MR) is 82.3 cm³/mol. The zero-order chi connectivity index (χ0) is 15.1. The Morgan fingerprint density at radius 2 is 1.67 bits per heavy atom. The second-order valence-electron chi connectivity index (χ2n) is 4.77. The Morgan fingerprint density at radius 1 is 1.00 bits per heavy atom. The van der Waals surface area contributed by atoms with Gasteiger partial charge in [0, 0.05) is 19.2 Å². The van der Waals surface area contributed by atoms with Crippen LogP contribution in [0.4, 0.5) is 0 Å². The summed E-state index contributed by atoms with van der Waals surface area (Å²) in [6, 6.07) is 16.8. The third-order valence-electron chi connectivity index (χ3n) is 3.42. The molecule has 4 heteroatoms. The Hall–Kier alpha value is -1.88. The second-order valence-corrected chi connectivity index (χ2v) is 4.77. The molecule has 2 aromatic rings. The largest absolute Gasteiger partial charge is 0.491 e. The van der Waals surface area contributed by atoms with Gasteiger partial charge in [0.2, 0.25) is 0 Å². The maximum absolute atomic E-state index is 11.1. The lowest BCUT2D eigenvalue weighted by atomic mass is 9.86. The molecule has 2 rings (SSSR count). The van der Waals surface area contributed by atoms with E-state index in [9.17, 15) is 5.11 Å². The van der Waals surface area contributed by atoms with Crippen molar-refractivity contribution in [1.29, 1.82) is 0 Å². The average molecular weight is 287 g/mol. The zero-order valence-electron chi connectivity index (χ0n) is 12.2. The number of rotatable bonds is 7. The van der Waals surface area contributed by atoms with E-state index in [2.05, 4.69) is 0 Å². The number of nitrogens with two attached hydrogens (primary N) is 1. The molecule has 1 atom stereocenters. The van der Waals surface area contributed by atoms with E-state index in [0.717, 1.165) is 5.56 Å². The first-order valence-corrected chi connectivity index (χ1v) is 6.91. The Balaban J connectivity index is 2.38.